The third kappa shape index (κ3) is 3.26. The van der Waals surface area contributed by atoms with Crippen molar-refractivity contribution >= 4 is 11.8 Å². The van der Waals surface area contributed by atoms with Crippen LogP contribution in [0.1, 0.15) is 35.3 Å². The summed E-state index contributed by atoms with van der Waals surface area (Å²) < 4.78 is 10.2. The van der Waals surface area contributed by atoms with Crippen LogP contribution in [0.2, 0.25) is 0 Å². The molecule has 120 valence electrons. The van der Waals surface area contributed by atoms with Crippen molar-refractivity contribution in [1.29, 1.82) is 0 Å². The lowest BCUT2D eigenvalue weighted by Gasteiger charge is -2.24. The molecule has 0 aliphatic carbocycles. The minimum Gasteiger partial charge on any atom is -0.496 e. The van der Waals surface area contributed by atoms with Gasteiger partial charge in [-0.15, -0.1) is 0 Å². The predicted molar refractivity (Wildman–Crippen MR) is 87.9 cm³/mol. The van der Waals surface area contributed by atoms with E-state index in [1.807, 2.05) is 18.2 Å². The largest absolute Gasteiger partial charge is 0.496 e. The van der Waals surface area contributed by atoms with Gasteiger partial charge in [-0.05, 0) is 32.0 Å². The Hall–Kier alpha value is -2.62. The first-order valence-corrected chi connectivity index (χ1v) is 7.28. The summed E-state index contributed by atoms with van der Waals surface area (Å²) in [4.78, 5) is 24.7. The minimum absolute atomic E-state index is 0.102. The van der Waals surface area contributed by atoms with E-state index >= 15 is 0 Å². The lowest BCUT2D eigenvalue weighted by Crippen LogP contribution is -2.31. The topological polar surface area (TPSA) is 52.6 Å². The molecule has 0 unspecified atom stereocenters. The molecule has 4 heteroatoms. The highest BCUT2D eigenvalue weighted by atomic mass is 16.5. The maximum absolute atomic E-state index is 12.6. The highest BCUT2D eigenvalue weighted by molar-refractivity contribution is 6.09. The highest BCUT2D eigenvalue weighted by Gasteiger charge is 2.34. The molecule has 4 nitrogen and oxygen atoms in total. The second-order valence-corrected chi connectivity index (χ2v) is 5.73. The number of ether oxygens (including phenoxy) is 2. The quantitative estimate of drug-likeness (QED) is 0.627. The van der Waals surface area contributed by atoms with E-state index in [0.717, 1.165) is 0 Å². The van der Waals surface area contributed by atoms with Crippen molar-refractivity contribution in [2.45, 2.75) is 19.3 Å². The highest BCUT2D eigenvalue weighted by Crippen LogP contribution is 2.34. The zero-order valence-electron chi connectivity index (χ0n) is 13.8. The summed E-state index contributed by atoms with van der Waals surface area (Å²) in [6, 6.07) is 14.1. The molecular formula is C19H20O4. The Morgan fingerprint density at radius 3 is 2.13 bits per heavy atom. The minimum atomic E-state index is -0.924. The summed E-state index contributed by atoms with van der Waals surface area (Å²) in [6.45, 7) is 3.49. The molecule has 0 amide bonds. The van der Waals surface area contributed by atoms with Crippen LogP contribution in [-0.2, 0) is 14.9 Å². The molecule has 23 heavy (non-hydrogen) atoms. The number of benzene rings is 2. The summed E-state index contributed by atoms with van der Waals surface area (Å²) >= 11 is 0. The standard InChI is InChI=1S/C19H20O4/c1-19(2,18(21)23-4)15-12-14(10-11-16(15)22-3)17(20)13-8-6-5-7-9-13/h5-12H,1-4H3. The predicted octanol–water partition coefficient (Wildman–Crippen LogP) is 3.38. The summed E-state index contributed by atoms with van der Waals surface area (Å²) in [5.41, 5.74) is 0.796. The van der Waals surface area contributed by atoms with Crippen LogP contribution in [0.4, 0.5) is 0 Å². The second kappa shape index (κ2) is 6.65. The van der Waals surface area contributed by atoms with Gasteiger partial charge < -0.3 is 9.47 Å². The van der Waals surface area contributed by atoms with Crippen molar-refractivity contribution in [1.82, 2.24) is 0 Å². The molecule has 2 aromatic carbocycles. The Balaban J connectivity index is 2.52. The molecule has 0 aliphatic heterocycles. The molecule has 0 heterocycles. The normalized spacial score (nSPS) is 11.0. The maximum atomic E-state index is 12.6. The maximum Gasteiger partial charge on any atom is 0.315 e. The van der Waals surface area contributed by atoms with Crippen LogP contribution in [0.3, 0.4) is 0 Å². The van der Waals surface area contributed by atoms with Crippen molar-refractivity contribution in [2.75, 3.05) is 14.2 Å². The average molecular weight is 312 g/mol. The first-order chi connectivity index (χ1) is 10.9. The molecule has 0 fully saturated rings. The van der Waals surface area contributed by atoms with Gasteiger partial charge in [0.1, 0.15) is 5.75 Å². The molecule has 0 saturated carbocycles. The van der Waals surface area contributed by atoms with Crippen LogP contribution >= 0.6 is 0 Å². The fourth-order valence-electron chi connectivity index (χ4n) is 2.46. The Kier molecular flexibility index (Phi) is 4.84. The number of rotatable bonds is 5. The van der Waals surface area contributed by atoms with Crippen molar-refractivity contribution < 1.29 is 19.1 Å². The molecular weight excluding hydrogens is 292 g/mol. The van der Waals surface area contributed by atoms with Gasteiger partial charge in [-0.2, -0.15) is 0 Å². The van der Waals surface area contributed by atoms with E-state index in [1.165, 1.54) is 14.2 Å². The van der Waals surface area contributed by atoms with Crippen LogP contribution in [-0.4, -0.2) is 26.0 Å². The van der Waals surface area contributed by atoms with Gasteiger partial charge in [-0.25, -0.2) is 0 Å². The van der Waals surface area contributed by atoms with Gasteiger partial charge in [0, 0.05) is 16.7 Å². The third-order valence-corrected chi connectivity index (χ3v) is 3.87. The summed E-state index contributed by atoms with van der Waals surface area (Å²) in [6.07, 6.45) is 0. The van der Waals surface area contributed by atoms with Crippen LogP contribution in [0.5, 0.6) is 5.75 Å². The van der Waals surface area contributed by atoms with Gasteiger partial charge >= 0.3 is 5.97 Å². The number of esters is 1. The van der Waals surface area contributed by atoms with Gasteiger partial charge in [0.2, 0.25) is 0 Å². The molecule has 0 atom stereocenters. The fraction of sp³-hybridized carbons (Fsp3) is 0.263. The second-order valence-electron chi connectivity index (χ2n) is 5.73. The summed E-state index contributed by atoms with van der Waals surface area (Å²) in [5.74, 6) is 0.0558. The monoisotopic (exact) mass is 312 g/mol. The number of ketones is 1. The van der Waals surface area contributed by atoms with E-state index < -0.39 is 5.41 Å². The Bertz CT molecular complexity index is 717. The Morgan fingerprint density at radius 1 is 0.913 bits per heavy atom. The molecule has 0 saturated heterocycles. The van der Waals surface area contributed by atoms with Gasteiger partial charge in [-0.3, -0.25) is 9.59 Å². The van der Waals surface area contributed by atoms with E-state index in [4.69, 9.17) is 9.47 Å². The first kappa shape index (κ1) is 16.7. The molecule has 0 bridgehead atoms. The van der Waals surface area contributed by atoms with Crippen molar-refractivity contribution in [3.63, 3.8) is 0 Å². The zero-order chi connectivity index (χ0) is 17.0. The lowest BCUT2D eigenvalue weighted by molar-refractivity contribution is -0.146. The van der Waals surface area contributed by atoms with Gasteiger partial charge in [0.15, 0.2) is 5.78 Å². The van der Waals surface area contributed by atoms with Crippen LogP contribution in [0.25, 0.3) is 0 Å². The molecule has 0 radical (unpaired) electrons. The molecule has 0 aliphatic rings. The molecule has 2 rings (SSSR count). The molecule has 2 aromatic rings. The smallest absolute Gasteiger partial charge is 0.315 e. The first-order valence-electron chi connectivity index (χ1n) is 7.28. The molecule has 0 aromatic heterocycles. The number of carbonyl (C=O) groups is 2. The summed E-state index contributed by atoms with van der Waals surface area (Å²) in [5, 5.41) is 0. The van der Waals surface area contributed by atoms with Crippen molar-refractivity contribution in [3.8, 4) is 5.75 Å². The van der Waals surface area contributed by atoms with Gasteiger partial charge in [0.05, 0.1) is 19.6 Å². The van der Waals surface area contributed by atoms with Crippen LogP contribution in [0, 0.1) is 0 Å². The molecule has 0 spiro atoms. The lowest BCUT2D eigenvalue weighted by atomic mass is 9.82. The van der Waals surface area contributed by atoms with Crippen molar-refractivity contribution in [2.24, 2.45) is 0 Å². The van der Waals surface area contributed by atoms with E-state index in [-0.39, 0.29) is 11.8 Å². The van der Waals surface area contributed by atoms with E-state index in [2.05, 4.69) is 0 Å². The average Bonchev–Trinajstić information content (AvgIpc) is 2.60. The van der Waals surface area contributed by atoms with Crippen LogP contribution in [0.15, 0.2) is 48.5 Å². The third-order valence-electron chi connectivity index (χ3n) is 3.87. The number of hydrogen-bond donors (Lipinski definition) is 0. The fourth-order valence-corrected chi connectivity index (χ4v) is 2.46. The van der Waals surface area contributed by atoms with Crippen LogP contribution < -0.4 is 4.74 Å². The zero-order valence-corrected chi connectivity index (χ0v) is 13.8. The van der Waals surface area contributed by atoms with E-state index in [9.17, 15) is 9.59 Å². The molecule has 0 N–H and O–H groups in total. The Labute approximate surface area is 136 Å². The van der Waals surface area contributed by atoms with Crippen molar-refractivity contribution in [3.05, 3.63) is 65.2 Å². The van der Waals surface area contributed by atoms with Gasteiger partial charge in [-0.1, -0.05) is 30.3 Å². The van der Waals surface area contributed by atoms with E-state index in [1.54, 1.807) is 44.2 Å². The van der Waals surface area contributed by atoms with Gasteiger partial charge in [0.25, 0.3) is 0 Å². The number of methoxy groups -OCH3 is 2. The number of carbonyl (C=O) groups excluding carboxylic acids is 2. The SMILES string of the molecule is COC(=O)C(C)(C)c1cc(C(=O)c2ccccc2)ccc1OC. The van der Waals surface area contributed by atoms with E-state index in [0.29, 0.717) is 22.4 Å². The summed E-state index contributed by atoms with van der Waals surface area (Å²) in [7, 11) is 2.88. The Morgan fingerprint density at radius 2 is 1.57 bits per heavy atom. The number of hydrogen-bond acceptors (Lipinski definition) is 4.